The third-order valence-electron chi connectivity index (χ3n) is 5.49. The van der Waals surface area contributed by atoms with Crippen LogP contribution in [0.4, 0.5) is 0 Å². The highest BCUT2D eigenvalue weighted by molar-refractivity contribution is 5.20. The summed E-state index contributed by atoms with van der Waals surface area (Å²) >= 11 is 0. The van der Waals surface area contributed by atoms with Crippen LogP contribution in [0.15, 0.2) is 30.3 Å². The van der Waals surface area contributed by atoms with Gasteiger partial charge in [0.05, 0.1) is 12.2 Å². The second-order valence-electron chi connectivity index (χ2n) is 6.74. The standard InChI is InChI=1S/C18H28N2O/c1-2-8-18(17(19)9-11-20-12-10-17)16(14-21-18)13-15-6-4-3-5-7-15/h3-7,16,20H,2,8-14,19H2,1H3. The first-order chi connectivity index (χ1) is 10.2. The van der Waals surface area contributed by atoms with Gasteiger partial charge in [-0.2, -0.15) is 0 Å². The number of piperidine rings is 1. The van der Waals surface area contributed by atoms with Crippen molar-refractivity contribution in [1.29, 1.82) is 0 Å². The van der Waals surface area contributed by atoms with Gasteiger partial charge in [-0.3, -0.25) is 0 Å². The van der Waals surface area contributed by atoms with Crippen molar-refractivity contribution in [2.75, 3.05) is 19.7 Å². The normalized spacial score (nSPS) is 31.6. The Morgan fingerprint density at radius 3 is 2.52 bits per heavy atom. The molecular formula is C18H28N2O. The maximum Gasteiger partial charge on any atom is 0.0915 e. The van der Waals surface area contributed by atoms with E-state index in [0.29, 0.717) is 5.92 Å². The monoisotopic (exact) mass is 288 g/mol. The Labute approximate surface area is 128 Å². The summed E-state index contributed by atoms with van der Waals surface area (Å²) < 4.78 is 6.23. The highest BCUT2D eigenvalue weighted by Gasteiger charge is 2.59. The minimum atomic E-state index is -0.161. The Morgan fingerprint density at radius 2 is 1.95 bits per heavy atom. The molecule has 116 valence electrons. The molecule has 3 heteroatoms. The smallest absolute Gasteiger partial charge is 0.0915 e. The van der Waals surface area contributed by atoms with E-state index in [1.54, 1.807) is 0 Å². The summed E-state index contributed by atoms with van der Waals surface area (Å²) in [7, 11) is 0. The van der Waals surface area contributed by atoms with E-state index in [-0.39, 0.29) is 11.1 Å². The maximum absolute atomic E-state index is 6.86. The van der Waals surface area contributed by atoms with Gasteiger partial charge in [-0.25, -0.2) is 0 Å². The van der Waals surface area contributed by atoms with Crippen LogP contribution in [-0.2, 0) is 11.2 Å². The van der Waals surface area contributed by atoms with Crippen LogP contribution in [0.3, 0.4) is 0 Å². The fourth-order valence-electron chi connectivity index (χ4n) is 4.27. The highest BCUT2D eigenvalue weighted by atomic mass is 16.5. The van der Waals surface area contributed by atoms with Crippen LogP contribution in [0.5, 0.6) is 0 Å². The van der Waals surface area contributed by atoms with Crippen LogP contribution in [0.25, 0.3) is 0 Å². The molecule has 2 heterocycles. The lowest BCUT2D eigenvalue weighted by molar-refractivity contribution is -0.249. The molecule has 0 saturated carbocycles. The second kappa shape index (κ2) is 6.07. The van der Waals surface area contributed by atoms with Gasteiger partial charge in [0.1, 0.15) is 0 Å². The van der Waals surface area contributed by atoms with Crippen molar-refractivity contribution in [3.8, 4) is 0 Å². The number of nitrogens with one attached hydrogen (secondary N) is 1. The van der Waals surface area contributed by atoms with Crippen molar-refractivity contribution in [3.63, 3.8) is 0 Å². The van der Waals surface area contributed by atoms with E-state index in [4.69, 9.17) is 10.5 Å². The molecule has 1 aromatic rings. The van der Waals surface area contributed by atoms with E-state index in [1.807, 2.05) is 0 Å². The zero-order valence-electron chi connectivity index (χ0n) is 13.1. The molecule has 2 saturated heterocycles. The molecule has 0 spiro atoms. The van der Waals surface area contributed by atoms with E-state index in [0.717, 1.165) is 51.8 Å². The van der Waals surface area contributed by atoms with Gasteiger partial charge in [-0.1, -0.05) is 43.7 Å². The minimum Gasteiger partial charge on any atom is -0.372 e. The van der Waals surface area contributed by atoms with Crippen LogP contribution >= 0.6 is 0 Å². The molecule has 2 atom stereocenters. The van der Waals surface area contributed by atoms with Gasteiger partial charge in [0.2, 0.25) is 0 Å². The molecule has 3 nitrogen and oxygen atoms in total. The van der Waals surface area contributed by atoms with Gasteiger partial charge in [0, 0.05) is 11.5 Å². The number of nitrogens with two attached hydrogens (primary N) is 1. The van der Waals surface area contributed by atoms with Gasteiger partial charge in [0.25, 0.3) is 0 Å². The van der Waals surface area contributed by atoms with E-state index in [1.165, 1.54) is 5.56 Å². The van der Waals surface area contributed by atoms with Gasteiger partial charge in [-0.05, 0) is 44.3 Å². The molecule has 3 rings (SSSR count). The van der Waals surface area contributed by atoms with Crippen LogP contribution in [-0.4, -0.2) is 30.8 Å². The molecule has 0 bridgehead atoms. The highest BCUT2D eigenvalue weighted by Crippen LogP contribution is 2.49. The zero-order chi connectivity index (χ0) is 14.8. The van der Waals surface area contributed by atoms with Gasteiger partial charge >= 0.3 is 0 Å². The van der Waals surface area contributed by atoms with E-state index < -0.39 is 0 Å². The third kappa shape index (κ3) is 2.63. The number of rotatable bonds is 5. The Kier molecular flexibility index (Phi) is 4.34. The molecule has 2 unspecified atom stereocenters. The SMILES string of the molecule is CCCC1(C2(N)CCNCC2)OCC1Cc1ccccc1. The quantitative estimate of drug-likeness (QED) is 0.875. The number of hydrogen-bond donors (Lipinski definition) is 2. The molecule has 1 aromatic carbocycles. The summed E-state index contributed by atoms with van der Waals surface area (Å²) in [6.45, 7) is 5.14. The molecule has 0 aromatic heterocycles. The first kappa shape index (κ1) is 15.0. The Balaban J connectivity index is 1.80. The van der Waals surface area contributed by atoms with Crippen LogP contribution in [0.1, 0.15) is 38.2 Å². The summed E-state index contributed by atoms with van der Waals surface area (Å²) in [5.74, 6) is 0.558. The van der Waals surface area contributed by atoms with Crippen molar-refractivity contribution in [1.82, 2.24) is 5.32 Å². The van der Waals surface area contributed by atoms with E-state index in [9.17, 15) is 0 Å². The van der Waals surface area contributed by atoms with E-state index >= 15 is 0 Å². The van der Waals surface area contributed by atoms with Gasteiger partial charge in [0.15, 0.2) is 0 Å². The largest absolute Gasteiger partial charge is 0.372 e. The van der Waals surface area contributed by atoms with Crippen molar-refractivity contribution in [2.45, 2.75) is 50.2 Å². The molecule has 2 fully saturated rings. The fourth-order valence-corrected chi connectivity index (χ4v) is 4.27. The first-order valence-electron chi connectivity index (χ1n) is 8.38. The lowest BCUT2D eigenvalue weighted by Crippen LogP contribution is -2.74. The molecule has 2 aliphatic rings. The average molecular weight is 288 g/mol. The molecule has 3 N–H and O–H groups in total. The summed E-state index contributed by atoms with van der Waals surface area (Å²) in [4.78, 5) is 0. The molecule has 2 aliphatic heterocycles. The predicted molar refractivity (Wildman–Crippen MR) is 86.2 cm³/mol. The lowest BCUT2D eigenvalue weighted by Gasteiger charge is -2.60. The summed E-state index contributed by atoms with van der Waals surface area (Å²) in [6, 6.07) is 10.8. The molecule has 0 aliphatic carbocycles. The topological polar surface area (TPSA) is 47.3 Å². The van der Waals surface area contributed by atoms with Crippen molar-refractivity contribution in [2.24, 2.45) is 11.7 Å². The Morgan fingerprint density at radius 1 is 1.24 bits per heavy atom. The van der Waals surface area contributed by atoms with Crippen molar-refractivity contribution >= 4 is 0 Å². The molecular weight excluding hydrogens is 260 g/mol. The van der Waals surface area contributed by atoms with Gasteiger partial charge in [-0.15, -0.1) is 0 Å². The summed E-state index contributed by atoms with van der Waals surface area (Å²) in [5.41, 5.74) is 8.00. The average Bonchev–Trinajstić information content (AvgIpc) is 2.50. The van der Waals surface area contributed by atoms with E-state index in [2.05, 4.69) is 42.6 Å². The Bertz CT molecular complexity index is 456. The number of hydrogen-bond acceptors (Lipinski definition) is 3. The predicted octanol–water partition coefficient (Wildman–Crippen LogP) is 2.50. The Hall–Kier alpha value is -0.900. The molecule has 0 radical (unpaired) electrons. The third-order valence-corrected chi connectivity index (χ3v) is 5.49. The van der Waals surface area contributed by atoms with Crippen LogP contribution in [0.2, 0.25) is 0 Å². The van der Waals surface area contributed by atoms with Crippen molar-refractivity contribution in [3.05, 3.63) is 35.9 Å². The number of ether oxygens (including phenoxy) is 1. The first-order valence-corrected chi connectivity index (χ1v) is 8.38. The maximum atomic E-state index is 6.86. The van der Waals surface area contributed by atoms with Crippen LogP contribution in [0, 0.1) is 5.92 Å². The molecule has 21 heavy (non-hydrogen) atoms. The minimum absolute atomic E-state index is 0.111. The lowest BCUT2D eigenvalue weighted by atomic mass is 9.61. The van der Waals surface area contributed by atoms with Crippen LogP contribution < -0.4 is 11.1 Å². The summed E-state index contributed by atoms with van der Waals surface area (Å²) in [6.07, 6.45) is 5.36. The fraction of sp³-hybridized carbons (Fsp3) is 0.667. The number of benzene rings is 1. The second-order valence-corrected chi connectivity index (χ2v) is 6.74. The zero-order valence-corrected chi connectivity index (χ0v) is 13.1. The summed E-state index contributed by atoms with van der Waals surface area (Å²) in [5, 5.41) is 3.43. The molecule has 0 amide bonds. The van der Waals surface area contributed by atoms with Gasteiger partial charge < -0.3 is 15.8 Å². The van der Waals surface area contributed by atoms with Crippen molar-refractivity contribution < 1.29 is 4.74 Å².